The van der Waals surface area contributed by atoms with Crippen LogP contribution in [0.5, 0.6) is 0 Å². The highest BCUT2D eigenvalue weighted by molar-refractivity contribution is 6.02. The number of ketones is 1. The molecule has 0 radical (unpaired) electrons. The van der Waals surface area contributed by atoms with Crippen LogP contribution in [0.2, 0.25) is 0 Å². The van der Waals surface area contributed by atoms with Crippen LogP contribution in [-0.4, -0.2) is 18.5 Å². The molecule has 0 saturated heterocycles. The summed E-state index contributed by atoms with van der Waals surface area (Å²) >= 11 is 0. The Balaban J connectivity index is 2.37. The van der Waals surface area contributed by atoms with Crippen molar-refractivity contribution in [1.29, 1.82) is 0 Å². The van der Waals surface area contributed by atoms with Gasteiger partial charge in [-0.2, -0.15) is 0 Å². The molecule has 1 saturated carbocycles. The number of rotatable bonds is 3. The minimum Gasteiger partial charge on any atom is -0.370 e. The first-order chi connectivity index (χ1) is 9.41. The lowest BCUT2D eigenvalue weighted by atomic mass is 9.75. The van der Waals surface area contributed by atoms with E-state index in [2.05, 4.69) is 6.92 Å². The van der Waals surface area contributed by atoms with Crippen LogP contribution >= 0.6 is 0 Å². The van der Waals surface area contributed by atoms with E-state index in [1.165, 1.54) is 26.2 Å². The Morgan fingerprint density at radius 2 is 1.85 bits per heavy atom. The van der Waals surface area contributed by atoms with Gasteiger partial charge in [0.25, 0.3) is 0 Å². The minimum atomic E-state index is -1.06. The average Bonchev–Trinajstić information content (AvgIpc) is 2.46. The van der Waals surface area contributed by atoms with Crippen molar-refractivity contribution in [1.82, 2.24) is 0 Å². The van der Waals surface area contributed by atoms with E-state index in [4.69, 9.17) is 4.74 Å². The summed E-state index contributed by atoms with van der Waals surface area (Å²) in [6, 6.07) is 2.79. The van der Waals surface area contributed by atoms with Crippen molar-refractivity contribution < 1.29 is 18.3 Å². The molecule has 110 valence electrons. The molecule has 0 atom stereocenters. The number of Topliss-reactive ketones (excluding diaryl/α,β-unsaturated/α-hetero) is 1. The Bertz CT molecular complexity index is 517. The predicted molar refractivity (Wildman–Crippen MR) is 72.8 cm³/mol. The summed E-state index contributed by atoms with van der Waals surface area (Å²) in [6.07, 6.45) is 2.82. The van der Waals surface area contributed by atoms with Gasteiger partial charge in [0, 0.05) is 7.11 Å². The summed E-state index contributed by atoms with van der Waals surface area (Å²) in [7, 11) is 1.47. The van der Waals surface area contributed by atoms with Gasteiger partial charge in [-0.25, -0.2) is 8.78 Å². The van der Waals surface area contributed by atoms with E-state index in [-0.39, 0.29) is 11.1 Å². The van der Waals surface area contributed by atoms with Crippen molar-refractivity contribution >= 4 is 5.78 Å². The Morgan fingerprint density at radius 3 is 2.40 bits per heavy atom. The summed E-state index contributed by atoms with van der Waals surface area (Å²) in [5, 5.41) is 0. The quantitative estimate of drug-likeness (QED) is 0.782. The Morgan fingerprint density at radius 1 is 1.25 bits per heavy atom. The van der Waals surface area contributed by atoms with Crippen LogP contribution in [0, 0.1) is 24.5 Å². The fourth-order valence-electron chi connectivity index (χ4n) is 2.82. The molecule has 0 unspecified atom stereocenters. The molecule has 1 aliphatic rings. The van der Waals surface area contributed by atoms with E-state index >= 15 is 0 Å². The Kier molecular flexibility index (Phi) is 4.23. The van der Waals surface area contributed by atoms with Crippen LogP contribution in [0.1, 0.15) is 48.5 Å². The first-order valence-electron chi connectivity index (χ1n) is 6.96. The molecule has 0 amide bonds. The molecule has 4 heteroatoms. The standard InChI is InChI=1S/C16H20F2O2/c1-10-6-8-16(20-3,9-7-10)15(19)12-5-4-11(2)13(17)14(12)18/h4-5,10H,6-9H2,1-3H3. The number of benzene rings is 1. The number of ether oxygens (including phenoxy) is 1. The second-order valence-electron chi connectivity index (χ2n) is 5.77. The van der Waals surface area contributed by atoms with Gasteiger partial charge >= 0.3 is 0 Å². The van der Waals surface area contributed by atoms with E-state index in [1.807, 2.05) is 0 Å². The number of carbonyl (C=O) groups is 1. The molecule has 1 aromatic carbocycles. The lowest BCUT2D eigenvalue weighted by Crippen LogP contribution is -2.44. The van der Waals surface area contributed by atoms with E-state index in [9.17, 15) is 13.6 Å². The topological polar surface area (TPSA) is 26.3 Å². The molecule has 0 bridgehead atoms. The van der Waals surface area contributed by atoms with Gasteiger partial charge in [0.2, 0.25) is 0 Å². The zero-order valence-corrected chi connectivity index (χ0v) is 12.1. The monoisotopic (exact) mass is 282 g/mol. The largest absolute Gasteiger partial charge is 0.370 e. The molecule has 0 heterocycles. The van der Waals surface area contributed by atoms with E-state index in [1.54, 1.807) is 0 Å². The van der Waals surface area contributed by atoms with Gasteiger partial charge in [0.15, 0.2) is 17.4 Å². The van der Waals surface area contributed by atoms with Crippen molar-refractivity contribution in [3.8, 4) is 0 Å². The minimum absolute atomic E-state index is 0.197. The molecule has 20 heavy (non-hydrogen) atoms. The second kappa shape index (κ2) is 5.60. The third-order valence-electron chi connectivity index (χ3n) is 4.41. The van der Waals surface area contributed by atoms with E-state index in [0.717, 1.165) is 12.8 Å². The number of hydrogen-bond acceptors (Lipinski definition) is 2. The number of methoxy groups -OCH3 is 1. The molecule has 0 N–H and O–H groups in total. The van der Waals surface area contributed by atoms with Crippen molar-refractivity contribution in [2.24, 2.45) is 5.92 Å². The Labute approximate surface area is 118 Å². The first-order valence-corrected chi connectivity index (χ1v) is 6.96. The van der Waals surface area contributed by atoms with Gasteiger partial charge in [-0.3, -0.25) is 4.79 Å². The van der Waals surface area contributed by atoms with Crippen LogP contribution in [0.25, 0.3) is 0 Å². The number of halogens is 2. The van der Waals surface area contributed by atoms with Crippen LogP contribution < -0.4 is 0 Å². The fourth-order valence-corrected chi connectivity index (χ4v) is 2.82. The van der Waals surface area contributed by atoms with Crippen LogP contribution in [-0.2, 0) is 4.74 Å². The lowest BCUT2D eigenvalue weighted by molar-refractivity contribution is -0.0266. The van der Waals surface area contributed by atoms with Gasteiger partial charge in [0.05, 0.1) is 5.56 Å². The smallest absolute Gasteiger partial charge is 0.197 e. The summed E-state index contributed by atoms with van der Waals surface area (Å²) < 4.78 is 33.1. The van der Waals surface area contributed by atoms with Crippen molar-refractivity contribution in [3.05, 3.63) is 34.9 Å². The van der Waals surface area contributed by atoms with Gasteiger partial charge in [-0.05, 0) is 50.2 Å². The molecule has 2 nitrogen and oxygen atoms in total. The van der Waals surface area contributed by atoms with Crippen molar-refractivity contribution in [2.75, 3.05) is 7.11 Å². The predicted octanol–water partition coefficient (Wildman–Crippen LogP) is 4.05. The molecule has 0 aliphatic heterocycles. The summed E-state index contributed by atoms with van der Waals surface area (Å²) in [4.78, 5) is 12.6. The molecule has 2 rings (SSSR count). The lowest BCUT2D eigenvalue weighted by Gasteiger charge is -2.37. The molecule has 1 aliphatic carbocycles. The third-order valence-corrected chi connectivity index (χ3v) is 4.41. The van der Waals surface area contributed by atoms with Crippen molar-refractivity contribution in [2.45, 2.75) is 45.1 Å². The summed E-state index contributed by atoms with van der Waals surface area (Å²) in [6.45, 7) is 3.59. The molecular formula is C16H20F2O2. The summed E-state index contributed by atoms with van der Waals surface area (Å²) in [5.41, 5.74) is -1.01. The van der Waals surface area contributed by atoms with Crippen molar-refractivity contribution in [3.63, 3.8) is 0 Å². The van der Waals surface area contributed by atoms with Gasteiger partial charge in [0.1, 0.15) is 5.60 Å². The molecule has 1 fully saturated rings. The first kappa shape index (κ1) is 15.1. The molecule has 1 aromatic rings. The van der Waals surface area contributed by atoms with Crippen LogP contribution in [0.3, 0.4) is 0 Å². The van der Waals surface area contributed by atoms with Gasteiger partial charge in [-0.15, -0.1) is 0 Å². The average molecular weight is 282 g/mol. The normalized spacial score (nSPS) is 26.6. The molecule has 0 aromatic heterocycles. The van der Waals surface area contributed by atoms with Gasteiger partial charge < -0.3 is 4.74 Å². The highest BCUT2D eigenvalue weighted by Crippen LogP contribution is 2.37. The highest BCUT2D eigenvalue weighted by Gasteiger charge is 2.42. The maximum atomic E-state index is 14.0. The zero-order valence-electron chi connectivity index (χ0n) is 12.1. The molecule has 0 spiro atoms. The number of hydrogen-bond donors (Lipinski definition) is 0. The number of carbonyl (C=O) groups excluding carboxylic acids is 1. The summed E-state index contributed by atoms with van der Waals surface area (Å²) in [5.74, 6) is -1.93. The maximum absolute atomic E-state index is 14.0. The maximum Gasteiger partial charge on any atom is 0.197 e. The van der Waals surface area contributed by atoms with E-state index in [0.29, 0.717) is 18.8 Å². The fraction of sp³-hybridized carbons (Fsp3) is 0.562. The molecular weight excluding hydrogens is 262 g/mol. The zero-order chi connectivity index (χ0) is 14.9. The third kappa shape index (κ3) is 2.49. The highest BCUT2D eigenvalue weighted by atomic mass is 19.2. The van der Waals surface area contributed by atoms with Crippen LogP contribution in [0.4, 0.5) is 8.78 Å². The Hall–Kier alpha value is -1.29. The number of aryl methyl sites for hydroxylation is 1. The van der Waals surface area contributed by atoms with E-state index < -0.39 is 23.0 Å². The second-order valence-corrected chi connectivity index (χ2v) is 5.77. The van der Waals surface area contributed by atoms with Gasteiger partial charge in [-0.1, -0.05) is 13.0 Å². The SMILES string of the molecule is COC1(C(=O)c2ccc(C)c(F)c2F)CCC(C)CC1. The van der Waals surface area contributed by atoms with Crippen LogP contribution in [0.15, 0.2) is 12.1 Å².